The van der Waals surface area contributed by atoms with Gasteiger partial charge in [0.1, 0.15) is 0 Å². The Balaban J connectivity index is 1.72. The Morgan fingerprint density at radius 3 is 2.90 bits per heavy atom. The highest BCUT2D eigenvalue weighted by Gasteiger charge is 2.33. The summed E-state index contributed by atoms with van der Waals surface area (Å²) in [4.78, 5) is 25.6. The summed E-state index contributed by atoms with van der Waals surface area (Å²) >= 11 is 0. The minimum Gasteiger partial charge on any atom is -0.469 e. The first kappa shape index (κ1) is 15.9. The van der Waals surface area contributed by atoms with Gasteiger partial charge in [0.15, 0.2) is 0 Å². The van der Waals surface area contributed by atoms with E-state index in [2.05, 4.69) is 11.4 Å². The van der Waals surface area contributed by atoms with Gasteiger partial charge < -0.3 is 15.0 Å². The molecular weight excluding hydrogens is 268 g/mol. The zero-order chi connectivity index (χ0) is 15.2. The number of amides is 2. The van der Waals surface area contributed by atoms with E-state index in [1.54, 1.807) is 0 Å². The fourth-order valence-corrected chi connectivity index (χ4v) is 3.24. The van der Waals surface area contributed by atoms with Crippen molar-refractivity contribution < 1.29 is 14.3 Å². The number of rotatable bonds is 4. The molecule has 0 aromatic carbocycles. The third-order valence-corrected chi connectivity index (χ3v) is 4.55. The van der Waals surface area contributed by atoms with Crippen LogP contribution < -0.4 is 5.32 Å². The Hall–Kier alpha value is -1.52. The van der Waals surface area contributed by atoms with Crippen LogP contribution >= 0.6 is 0 Å². The minimum absolute atomic E-state index is 0.0104. The molecule has 1 heterocycles. The number of methoxy groups -OCH3 is 1. The number of urea groups is 1. The Bertz CT molecular complexity index is 420. The Kier molecular flexibility index (Phi) is 5.65. The van der Waals surface area contributed by atoms with Gasteiger partial charge in [-0.25, -0.2) is 4.79 Å². The predicted octanol–water partition coefficient (Wildman–Crippen LogP) is 2.33. The van der Waals surface area contributed by atoms with Crippen LogP contribution in [0.25, 0.3) is 0 Å². The maximum absolute atomic E-state index is 12.1. The fraction of sp³-hybridized carbons (Fsp3) is 0.750. The van der Waals surface area contributed by atoms with Crippen LogP contribution in [0, 0.1) is 11.8 Å². The number of carbonyl (C=O) groups excluding carboxylic acids is 2. The summed E-state index contributed by atoms with van der Waals surface area (Å²) in [5.74, 6) is -0.0899. The second kappa shape index (κ2) is 7.48. The lowest BCUT2D eigenvalue weighted by atomic mass is 9.87. The van der Waals surface area contributed by atoms with Gasteiger partial charge in [-0.05, 0) is 38.0 Å². The third-order valence-electron chi connectivity index (χ3n) is 4.55. The molecule has 1 N–H and O–H groups in total. The third kappa shape index (κ3) is 4.22. The molecule has 21 heavy (non-hydrogen) atoms. The van der Waals surface area contributed by atoms with Crippen molar-refractivity contribution in [3.05, 3.63) is 11.6 Å². The summed E-state index contributed by atoms with van der Waals surface area (Å²) in [6.07, 6.45) is 7.55. The summed E-state index contributed by atoms with van der Waals surface area (Å²) < 4.78 is 4.81. The quantitative estimate of drug-likeness (QED) is 0.639. The van der Waals surface area contributed by atoms with E-state index in [1.807, 2.05) is 11.8 Å². The molecule has 0 spiro atoms. The van der Waals surface area contributed by atoms with E-state index in [1.165, 1.54) is 31.9 Å². The van der Waals surface area contributed by atoms with Crippen molar-refractivity contribution in [3.8, 4) is 0 Å². The van der Waals surface area contributed by atoms with E-state index in [4.69, 9.17) is 4.74 Å². The number of likely N-dealkylation sites (tertiary alicyclic amines) is 1. The van der Waals surface area contributed by atoms with Crippen molar-refractivity contribution in [1.82, 2.24) is 10.2 Å². The van der Waals surface area contributed by atoms with Gasteiger partial charge in [-0.1, -0.05) is 18.6 Å². The highest BCUT2D eigenvalue weighted by molar-refractivity contribution is 5.76. The van der Waals surface area contributed by atoms with Gasteiger partial charge >= 0.3 is 12.0 Å². The molecule has 2 aliphatic rings. The average Bonchev–Trinajstić information content (AvgIpc) is 2.99. The van der Waals surface area contributed by atoms with Crippen molar-refractivity contribution >= 4 is 12.0 Å². The number of nitrogens with zero attached hydrogens (tertiary/aromatic N) is 1. The molecule has 2 amide bonds. The molecule has 1 fully saturated rings. The highest BCUT2D eigenvalue weighted by Crippen LogP contribution is 2.24. The van der Waals surface area contributed by atoms with Gasteiger partial charge in [-0.2, -0.15) is 0 Å². The summed E-state index contributed by atoms with van der Waals surface area (Å²) in [6, 6.07) is -0.0104. The van der Waals surface area contributed by atoms with Crippen LogP contribution in [-0.2, 0) is 9.53 Å². The molecular formula is C16H26N2O3. The molecule has 0 bridgehead atoms. The lowest BCUT2D eigenvalue weighted by molar-refractivity contribution is -0.148. The second-order valence-corrected chi connectivity index (χ2v) is 6.08. The van der Waals surface area contributed by atoms with E-state index in [9.17, 15) is 9.59 Å². The lowest BCUT2D eigenvalue weighted by Gasteiger charge is -2.35. The number of carbonyl (C=O) groups is 2. The van der Waals surface area contributed by atoms with Crippen molar-refractivity contribution in [2.45, 2.75) is 39.0 Å². The number of esters is 1. The Morgan fingerprint density at radius 1 is 1.48 bits per heavy atom. The topological polar surface area (TPSA) is 58.6 Å². The molecule has 0 unspecified atom stereocenters. The molecule has 0 aromatic heterocycles. The molecule has 5 nitrogen and oxygen atoms in total. The van der Waals surface area contributed by atoms with E-state index in [0.29, 0.717) is 26.1 Å². The first-order chi connectivity index (χ1) is 10.1. The predicted molar refractivity (Wildman–Crippen MR) is 80.8 cm³/mol. The van der Waals surface area contributed by atoms with Gasteiger partial charge in [0.25, 0.3) is 0 Å². The van der Waals surface area contributed by atoms with Gasteiger partial charge in [0.05, 0.1) is 13.0 Å². The van der Waals surface area contributed by atoms with Crippen LogP contribution in [0.2, 0.25) is 0 Å². The molecule has 2 rings (SSSR count). The number of hydrogen-bond acceptors (Lipinski definition) is 3. The monoisotopic (exact) mass is 294 g/mol. The van der Waals surface area contributed by atoms with Crippen molar-refractivity contribution in [2.75, 3.05) is 26.7 Å². The standard InChI is InChI=1S/C16H26N2O3/c1-12-11-18(10-8-14(12)15(19)21-2)16(20)17-9-7-13-5-3-4-6-13/h5,12,14H,3-4,6-11H2,1-2H3,(H,17,20)/t12-,14+/m1/s1. The second-order valence-electron chi connectivity index (χ2n) is 6.08. The van der Waals surface area contributed by atoms with Gasteiger partial charge in [0, 0.05) is 19.6 Å². The molecule has 1 aliphatic heterocycles. The zero-order valence-electron chi connectivity index (χ0n) is 13.1. The summed E-state index contributed by atoms with van der Waals surface area (Å²) in [7, 11) is 1.42. The van der Waals surface area contributed by atoms with Crippen LogP contribution in [0.3, 0.4) is 0 Å². The number of ether oxygens (including phenoxy) is 1. The highest BCUT2D eigenvalue weighted by atomic mass is 16.5. The van der Waals surface area contributed by atoms with Crippen molar-refractivity contribution in [3.63, 3.8) is 0 Å². The van der Waals surface area contributed by atoms with Crippen molar-refractivity contribution in [2.24, 2.45) is 11.8 Å². The molecule has 2 atom stereocenters. The minimum atomic E-state index is -0.157. The van der Waals surface area contributed by atoms with Gasteiger partial charge in [0.2, 0.25) is 0 Å². The molecule has 0 saturated carbocycles. The van der Waals surface area contributed by atoms with Gasteiger partial charge in [-0.3, -0.25) is 4.79 Å². The van der Waals surface area contributed by atoms with Crippen LogP contribution in [0.4, 0.5) is 4.79 Å². The molecule has 0 aromatic rings. The molecule has 0 radical (unpaired) electrons. The maximum Gasteiger partial charge on any atom is 0.317 e. The fourth-order valence-electron chi connectivity index (χ4n) is 3.24. The molecule has 5 heteroatoms. The van der Waals surface area contributed by atoms with E-state index in [0.717, 1.165) is 6.42 Å². The van der Waals surface area contributed by atoms with Crippen LogP contribution in [0.1, 0.15) is 39.0 Å². The van der Waals surface area contributed by atoms with E-state index >= 15 is 0 Å². The normalized spacial score (nSPS) is 25.4. The lowest BCUT2D eigenvalue weighted by Crippen LogP contribution is -2.49. The Labute approximate surface area is 126 Å². The summed E-state index contributed by atoms with van der Waals surface area (Å²) in [5.41, 5.74) is 1.47. The van der Waals surface area contributed by atoms with E-state index in [-0.39, 0.29) is 23.8 Å². The molecule has 1 saturated heterocycles. The number of allylic oxidation sites excluding steroid dienone is 1. The number of hydrogen-bond donors (Lipinski definition) is 1. The summed E-state index contributed by atoms with van der Waals surface area (Å²) in [5, 5.41) is 2.99. The zero-order valence-corrected chi connectivity index (χ0v) is 13.1. The molecule has 118 valence electrons. The smallest absolute Gasteiger partial charge is 0.317 e. The largest absolute Gasteiger partial charge is 0.469 e. The summed E-state index contributed by atoms with van der Waals surface area (Å²) in [6.45, 7) is 3.95. The Morgan fingerprint density at radius 2 is 2.29 bits per heavy atom. The van der Waals surface area contributed by atoms with E-state index < -0.39 is 0 Å². The SMILES string of the molecule is COC(=O)[C@H]1CCN(C(=O)NCCC2=CCCC2)C[C@H]1C. The van der Waals surface area contributed by atoms with Crippen molar-refractivity contribution in [1.29, 1.82) is 0 Å². The first-order valence-electron chi connectivity index (χ1n) is 7.90. The number of piperidine rings is 1. The van der Waals surface area contributed by atoms with Gasteiger partial charge in [-0.15, -0.1) is 0 Å². The van der Waals surface area contributed by atoms with Crippen LogP contribution in [0.5, 0.6) is 0 Å². The first-order valence-corrected chi connectivity index (χ1v) is 7.90. The molecule has 1 aliphatic carbocycles. The maximum atomic E-state index is 12.1. The average molecular weight is 294 g/mol. The van der Waals surface area contributed by atoms with Crippen LogP contribution in [-0.4, -0.2) is 43.6 Å². The number of nitrogens with one attached hydrogen (secondary N) is 1. The van der Waals surface area contributed by atoms with Crippen LogP contribution in [0.15, 0.2) is 11.6 Å².